The van der Waals surface area contributed by atoms with Crippen molar-refractivity contribution in [3.8, 4) is 0 Å². The first-order valence-corrected chi connectivity index (χ1v) is 6.99. The van der Waals surface area contributed by atoms with E-state index >= 15 is 0 Å². The Morgan fingerprint density at radius 1 is 1.24 bits per heavy atom. The molecule has 0 aliphatic carbocycles. The summed E-state index contributed by atoms with van der Waals surface area (Å²) in [6, 6.07) is 13.4. The van der Waals surface area contributed by atoms with Crippen LogP contribution in [0.25, 0.3) is 0 Å². The largest absolute Gasteiger partial charge is 0.364 e. The standard InChI is InChI=1S/C14H16N2S/c1-2-6-14-12(5-1)13(7-9-17-14)16-10-11-4-3-8-15-11/h1-6,8,13,15-16H,7,9-10H2. The van der Waals surface area contributed by atoms with Crippen molar-refractivity contribution in [1.82, 2.24) is 10.3 Å². The Kier molecular flexibility index (Phi) is 3.20. The number of benzene rings is 1. The smallest absolute Gasteiger partial charge is 0.0362 e. The number of fused-ring (bicyclic) bond motifs is 1. The maximum Gasteiger partial charge on any atom is 0.0362 e. The van der Waals surface area contributed by atoms with Gasteiger partial charge in [-0.3, -0.25) is 0 Å². The molecule has 0 radical (unpaired) electrons. The van der Waals surface area contributed by atoms with Crippen molar-refractivity contribution in [3.05, 3.63) is 53.9 Å². The van der Waals surface area contributed by atoms with E-state index < -0.39 is 0 Å². The average molecular weight is 244 g/mol. The van der Waals surface area contributed by atoms with Crippen molar-refractivity contribution in [2.75, 3.05) is 5.75 Å². The summed E-state index contributed by atoms with van der Waals surface area (Å²) in [6.45, 7) is 0.913. The molecule has 1 aliphatic heterocycles. The Bertz CT molecular complexity index is 479. The van der Waals surface area contributed by atoms with Crippen LogP contribution in [0.15, 0.2) is 47.5 Å². The second-order valence-electron chi connectivity index (χ2n) is 4.30. The first kappa shape index (κ1) is 10.9. The van der Waals surface area contributed by atoms with Gasteiger partial charge in [-0.05, 0) is 35.9 Å². The van der Waals surface area contributed by atoms with Gasteiger partial charge < -0.3 is 10.3 Å². The number of aromatic amines is 1. The van der Waals surface area contributed by atoms with Crippen LogP contribution in [0.4, 0.5) is 0 Å². The molecule has 0 amide bonds. The normalized spacial score (nSPS) is 18.9. The molecular weight excluding hydrogens is 228 g/mol. The molecule has 88 valence electrons. The summed E-state index contributed by atoms with van der Waals surface area (Å²) in [5, 5.41) is 3.64. The minimum Gasteiger partial charge on any atom is -0.364 e. The van der Waals surface area contributed by atoms with Gasteiger partial charge in [0.15, 0.2) is 0 Å². The van der Waals surface area contributed by atoms with Crippen molar-refractivity contribution >= 4 is 11.8 Å². The van der Waals surface area contributed by atoms with Crippen LogP contribution in [0.5, 0.6) is 0 Å². The van der Waals surface area contributed by atoms with Crippen LogP contribution in [-0.2, 0) is 6.54 Å². The molecule has 1 aromatic heterocycles. The van der Waals surface area contributed by atoms with E-state index in [1.54, 1.807) is 0 Å². The molecule has 2 nitrogen and oxygen atoms in total. The quantitative estimate of drug-likeness (QED) is 0.866. The fraction of sp³-hybridized carbons (Fsp3) is 0.286. The van der Waals surface area contributed by atoms with Crippen molar-refractivity contribution in [1.29, 1.82) is 0 Å². The molecular formula is C14H16N2S. The molecule has 1 aromatic carbocycles. The minimum atomic E-state index is 0.496. The van der Waals surface area contributed by atoms with Crippen LogP contribution in [0, 0.1) is 0 Å². The van der Waals surface area contributed by atoms with Gasteiger partial charge >= 0.3 is 0 Å². The van der Waals surface area contributed by atoms with E-state index in [9.17, 15) is 0 Å². The number of hydrogen-bond acceptors (Lipinski definition) is 2. The number of aromatic nitrogens is 1. The third kappa shape index (κ3) is 2.40. The summed E-state index contributed by atoms with van der Waals surface area (Å²) >= 11 is 1.97. The molecule has 0 fully saturated rings. The predicted molar refractivity (Wildman–Crippen MR) is 72.2 cm³/mol. The monoisotopic (exact) mass is 244 g/mol. The molecule has 2 N–H and O–H groups in total. The molecule has 0 bridgehead atoms. The maximum absolute atomic E-state index is 3.64. The second-order valence-corrected chi connectivity index (χ2v) is 5.44. The van der Waals surface area contributed by atoms with Crippen molar-refractivity contribution in [2.45, 2.75) is 23.9 Å². The lowest BCUT2D eigenvalue weighted by atomic mass is 10.0. The summed E-state index contributed by atoms with van der Waals surface area (Å²) in [4.78, 5) is 4.67. The highest BCUT2D eigenvalue weighted by Crippen LogP contribution is 2.35. The summed E-state index contributed by atoms with van der Waals surface area (Å²) in [5.41, 5.74) is 2.70. The topological polar surface area (TPSA) is 27.8 Å². The summed E-state index contributed by atoms with van der Waals surface area (Å²) in [5.74, 6) is 1.21. The van der Waals surface area contributed by atoms with E-state index in [1.807, 2.05) is 24.0 Å². The number of thioether (sulfide) groups is 1. The lowest BCUT2D eigenvalue weighted by Crippen LogP contribution is -2.24. The number of nitrogens with one attached hydrogen (secondary N) is 2. The molecule has 1 atom stereocenters. The van der Waals surface area contributed by atoms with Crippen LogP contribution in [0.3, 0.4) is 0 Å². The highest BCUT2D eigenvalue weighted by Gasteiger charge is 2.19. The average Bonchev–Trinajstić information content (AvgIpc) is 2.89. The fourth-order valence-electron chi connectivity index (χ4n) is 2.26. The van der Waals surface area contributed by atoms with Gasteiger partial charge in [0.2, 0.25) is 0 Å². The van der Waals surface area contributed by atoms with E-state index in [0.717, 1.165) is 6.54 Å². The SMILES string of the molecule is c1c[nH]c(CNC2CCSc3ccccc32)c1. The van der Waals surface area contributed by atoms with Gasteiger partial charge in [-0.15, -0.1) is 11.8 Å². The summed E-state index contributed by atoms with van der Waals surface area (Å²) in [7, 11) is 0. The molecule has 3 heteroatoms. The Balaban J connectivity index is 1.72. The highest BCUT2D eigenvalue weighted by atomic mass is 32.2. The lowest BCUT2D eigenvalue weighted by molar-refractivity contribution is 0.506. The van der Waals surface area contributed by atoms with Gasteiger partial charge in [-0.2, -0.15) is 0 Å². The second kappa shape index (κ2) is 4.98. The highest BCUT2D eigenvalue weighted by molar-refractivity contribution is 7.99. The van der Waals surface area contributed by atoms with E-state index in [4.69, 9.17) is 0 Å². The first-order valence-electron chi connectivity index (χ1n) is 6.01. The van der Waals surface area contributed by atoms with Crippen molar-refractivity contribution < 1.29 is 0 Å². The molecule has 2 aromatic rings. The molecule has 2 heterocycles. The van der Waals surface area contributed by atoms with Crippen LogP contribution in [-0.4, -0.2) is 10.7 Å². The summed E-state index contributed by atoms with van der Waals surface area (Å²) in [6.07, 6.45) is 3.18. The van der Waals surface area contributed by atoms with Gasteiger partial charge in [-0.25, -0.2) is 0 Å². The van der Waals surface area contributed by atoms with Gasteiger partial charge in [0.1, 0.15) is 0 Å². The third-order valence-corrected chi connectivity index (χ3v) is 4.28. The minimum absolute atomic E-state index is 0.496. The lowest BCUT2D eigenvalue weighted by Gasteiger charge is -2.25. The molecule has 1 unspecified atom stereocenters. The van der Waals surface area contributed by atoms with Crippen LogP contribution in [0.2, 0.25) is 0 Å². The van der Waals surface area contributed by atoms with Crippen molar-refractivity contribution in [2.24, 2.45) is 0 Å². The van der Waals surface area contributed by atoms with Gasteiger partial charge in [0.05, 0.1) is 0 Å². The van der Waals surface area contributed by atoms with Crippen LogP contribution < -0.4 is 5.32 Å². The molecule has 0 saturated heterocycles. The predicted octanol–water partition coefficient (Wildman–Crippen LogP) is 3.34. The van der Waals surface area contributed by atoms with Gasteiger partial charge in [0.25, 0.3) is 0 Å². The number of rotatable bonds is 3. The van der Waals surface area contributed by atoms with E-state index in [0.29, 0.717) is 6.04 Å². The Labute approximate surface area is 106 Å². The number of hydrogen-bond donors (Lipinski definition) is 2. The van der Waals surface area contributed by atoms with E-state index in [1.165, 1.54) is 28.3 Å². The molecule has 0 spiro atoms. The van der Waals surface area contributed by atoms with Crippen molar-refractivity contribution in [3.63, 3.8) is 0 Å². The first-order chi connectivity index (χ1) is 8.43. The Morgan fingerprint density at radius 2 is 2.18 bits per heavy atom. The van der Waals surface area contributed by atoms with E-state index in [-0.39, 0.29) is 0 Å². The zero-order chi connectivity index (χ0) is 11.5. The van der Waals surface area contributed by atoms with Crippen LogP contribution in [0.1, 0.15) is 23.7 Å². The van der Waals surface area contributed by atoms with Gasteiger partial charge in [-0.1, -0.05) is 18.2 Å². The summed E-state index contributed by atoms with van der Waals surface area (Å²) < 4.78 is 0. The number of H-pyrrole nitrogens is 1. The van der Waals surface area contributed by atoms with Crippen LogP contribution >= 0.6 is 11.8 Å². The molecule has 1 aliphatic rings. The van der Waals surface area contributed by atoms with E-state index in [2.05, 4.69) is 40.6 Å². The Morgan fingerprint density at radius 3 is 3.06 bits per heavy atom. The Hall–Kier alpha value is -1.19. The van der Waals surface area contributed by atoms with Gasteiger partial charge in [0, 0.05) is 29.4 Å². The maximum atomic E-state index is 3.64. The third-order valence-electron chi connectivity index (χ3n) is 3.16. The fourth-order valence-corrected chi connectivity index (χ4v) is 3.39. The molecule has 0 saturated carbocycles. The zero-order valence-electron chi connectivity index (χ0n) is 9.65. The molecule has 17 heavy (non-hydrogen) atoms. The molecule has 3 rings (SSSR count). The zero-order valence-corrected chi connectivity index (χ0v) is 10.5.